The summed E-state index contributed by atoms with van der Waals surface area (Å²) in [6.07, 6.45) is 59.7. The van der Waals surface area contributed by atoms with Crippen molar-refractivity contribution in [2.45, 2.75) is 447 Å². The molecule has 0 aliphatic carbocycles. The fourth-order valence-electron chi connectivity index (χ4n) is 13.3. The highest BCUT2D eigenvalue weighted by Crippen LogP contribution is 2.30. The second kappa shape index (κ2) is 61.3. The number of amides is 1. The number of carbonyl (C=O) groups is 1. The van der Waals surface area contributed by atoms with Gasteiger partial charge in [-0.3, -0.25) is 4.79 Å². The molecule has 0 bridgehead atoms. The van der Waals surface area contributed by atoms with E-state index in [0.29, 0.717) is 12.8 Å². The van der Waals surface area contributed by atoms with Gasteiger partial charge in [0.15, 0.2) is 12.6 Å². The van der Waals surface area contributed by atoms with Gasteiger partial charge in [0.05, 0.1) is 32.0 Å². The normalized spacial score (nSPS) is 22.9. The molecule has 2 aliphatic heterocycles. The molecule has 0 saturated carbocycles. The lowest BCUT2D eigenvalue weighted by atomic mass is 9.97. The number of ether oxygens (including phenoxy) is 4. The number of hydrogen-bond donors (Lipinski definition) is 9. The van der Waals surface area contributed by atoms with Gasteiger partial charge in [-0.15, -0.1) is 0 Å². The van der Waals surface area contributed by atoms with Gasteiger partial charge in [0.1, 0.15) is 48.8 Å². The quantitative estimate of drug-likeness (QED) is 0.0204. The van der Waals surface area contributed by atoms with E-state index in [9.17, 15) is 45.6 Å². The lowest BCUT2D eigenvalue weighted by Gasteiger charge is -2.46. The Morgan fingerprint density at radius 3 is 1.06 bits per heavy atom. The van der Waals surface area contributed by atoms with Crippen LogP contribution in [0, 0.1) is 0 Å². The van der Waals surface area contributed by atoms with E-state index in [4.69, 9.17) is 18.9 Å². The second-order valence-electron chi connectivity index (χ2n) is 27.8. The van der Waals surface area contributed by atoms with Crippen LogP contribution in [0.3, 0.4) is 0 Å². The molecule has 14 heteroatoms. The zero-order chi connectivity index (χ0) is 65.2. The third-order valence-corrected chi connectivity index (χ3v) is 19.5. The average molecular weight is 1280 g/mol. The zero-order valence-corrected chi connectivity index (χ0v) is 58.4. The lowest BCUT2D eigenvalue weighted by molar-refractivity contribution is -0.359. The van der Waals surface area contributed by atoms with E-state index in [0.717, 1.165) is 51.4 Å². The van der Waals surface area contributed by atoms with Crippen molar-refractivity contribution in [3.8, 4) is 0 Å². The second-order valence-corrected chi connectivity index (χ2v) is 27.8. The largest absolute Gasteiger partial charge is 0.394 e. The Hall–Kier alpha value is -1.27. The maximum absolute atomic E-state index is 13.4. The van der Waals surface area contributed by atoms with E-state index in [2.05, 4.69) is 31.3 Å². The van der Waals surface area contributed by atoms with Crippen LogP contribution in [-0.4, -0.2) is 140 Å². The highest BCUT2D eigenvalue weighted by molar-refractivity contribution is 5.76. The van der Waals surface area contributed by atoms with E-state index in [-0.39, 0.29) is 12.5 Å². The molecule has 0 aromatic heterocycles. The van der Waals surface area contributed by atoms with Gasteiger partial charge in [-0.05, 0) is 38.5 Å². The van der Waals surface area contributed by atoms with Gasteiger partial charge < -0.3 is 65.1 Å². The number of aliphatic hydroxyl groups excluding tert-OH is 8. The van der Waals surface area contributed by atoms with Gasteiger partial charge >= 0.3 is 0 Å². The van der Waals surface area contributed by atoms with E-state index in [1.807, 2.05) is 0 Å². The monoisotopic (exact) mass is 1280 g/mol. The molecule has 0 spiro atoms. The molecule has 2 saturated heterocycles. The Morgan fingerprint density at radius 2 is 0.700 bits per heavy atom. The molecule has 0 radical (unpaired) electrons. The van der Waals surface area contributed by atoms with Crippen LogP contribution in [0.5, 0.6) is 0 Å². The first-order valence-corrected chi connectivity index (χ1v) is 38.9. The Balaban J connectivity index is 1.57. The van der Waals surface area contributed by atoms with Crippen LogP contribution >= 0.6 is 0 Å². The minimum absolute atomic E-state index is 0.197. The number of unbranched alkanes of at least 4 members (excludes halogenated alkanes) is 51. The van der Waals surface area contributed by atoms with Gasteiger partial charge in [0.2, 0.25) is 5.91 Å². The minimum atomic E-state index is -1.78. The summed E-state index contributed by atoms with van der Waals surface area (Å²) in [5.74, 6) is -0.197. The summed E-state index contributed by atoms with van der Waals surface area (Å²) in [6, 6.07) is -0.826. The molecule has 9 N–H and O–H groups in total. The molecule has 0 aromatic rings. The standard InChI is InChI=1S/C76H147NO13/c1-3-5-7-9-11-13-15-17-19-21-23-24-25-26-27-28-29-30-31-32-33-34-35-36-37-38-39-40-42-44-46-48-50-52-54-56-58-60-68(81)77-64(65(80)59-57-55-53-51-49-47-45-43-41-22-20-18-16-14-12-10-8-6-4-2)63-87-75-73(86)71(84)74(67(62-79)89-75)90-76-72(85)70(83)69(82)66(61-78)88-76/h21,23,64-67,69-76,78-80,82-86H,3-20,22,24-63H2,1-2H3,(H,77,81)/b23-21-. The van der Waals surface area contributed by atoms with Crippen LogP contribution in [0.2, 0.25) is 0 Å². The van der Waals surface area contributed by atoms with Crippen LogP contribution in [0.25, 0.3) is 0 Å². The number of allylic oxidation sites excluding steroid dienone is 2. The molecule has 14 nitrogen and oxygen atoms in total. The van der Waals surface area contributed by atoms with Crippen molar-refractivity contribution in [1.29, 1.82) is 0 Å². The molecule has 12 unspecified atom stereocenters. The summed E-state index contributed by atoms with van der Waals surface area (Å²) in [6.45, 7) is 2.93. The van der Waals surface area contributed by atoms with Gasteiger partial charge in [-0.2, -0.15) is 0 Å². The third-order valence-electron chi connectivity index (χ3n) is 19.5. The molecule has 2 aliphatic rings. The van der Waals surface area contributed by atoms with Crippen molar-refractivity contribution in [2.75, 3.05) is 19.8 Å². The van der Waals surface area contributed by atoms with Crippen molar-refractivity contribution in [2.24, 2.45) is 0 Å². The fourth-order valence-corrected chi connectivity index (χ4v) is 13.3. The predicted molar refractivity (Wildman–Crippen MR) is 369 cm³/mol. The summed E-state index contributed by atoms with van der Waals surface area (Å²) >= 11 is 0. The van der Waals surface area contributed by atoms with Crippen molar-refractivity contribution < 1.29 is 64.6 Å². The number of nitrogens with one attached hydrogen (secondary N) is 1. The highest BCUT2D eigenvalue weighted by Gasteiger charge is 2.51. The van der Waals surface area contributed by atoms with Gasteiger partial charge in [0.25, 0.3) is 0 Å². The Morgan fingerprint density at radius 1 is 0.389 bits per heavy atom. The van der Waals surface area contributed by atoms with Crippen molar-refractivity contribution in [3.05, 3.63) is 12.2 Å². The predicted octanol–water partition coefficient (Wildman–Crippen LogP) is 16.9. The zero-order valence-electron chi connectivity index (χ0n) is 58.4. The summed E-state index contributed by atoms with van der Waals surface area (Å²) in [7, 11) is 0. The first-order valence-electron chi connectivity index (χ1n) is 38.9. The van der Waals surface area contributed by atoms with E-state index < -0.39 is 86.8 Å². The Labute approximate surface area is 552 Å². The molecular weight excluding hydrogens is 1130 g/mol. The van der Waals surface area contributed by atoms with Crippen molar-refractivity contribution in [3.63, 3.8) is 0 Å². The molecule has 2 heterocycles. The third kappa shape index (κ3) is 44.5. The average Bonchev–Trinajstić information content (AvgIpc) is 1.58. The van der Waals surface area contributed by atoms with E-state index >= 15 is 0 Å². The van der Waals surface area contributed by atoms with Crippen LogP contribution in [0.4, 0.5) is 0 Å². The number of aliphatic hydroxyl groups is 8. The molecule has 534 valence electrons. The smallest absolute Gasteiger partial charge is 0.220 e. The van der Waals surface area contributed by atoms with Gasteiger partial charge in [-0.25, -0.2) is 0 Å². The molecule has 2 fully saturated rings. The molecule has 1 amide bonds. The topological polar surface area (TPSA) is 228 Å². The van der Waals surface area contributed by atoms with Crippen LogP contribution in [0.1, 0.15) is 373 Å². The minimum Gasteiger partial charge on any atom is -0.394 e. The summed E-state index contributed by atoms with van der Waals surface area (Å²) in [4.78, 5) is 13.4. The van der Waals surface area contributed by atoms with Gasteiger partial charge in [-0.1, -0.05) is 341 Å². The number of hydrogen-bond acceptors (Lipinski definition) is 13. The Kier molecular flexibility index (Phi) is 57.8. The first-order chi connectivity index (χ1) is 44.1. The number of rotatable bonds is 66. The number of carbonyl (C=O) groups excluding carboxylic acids is 1. The molecule has 2 rings (SSSR count). The van der Waals surface area contributed by atoms with Gasteiger partial charge in [0, 0.05) is 6.42 Å². The van der Waals surface area contributed by atoms with Crippen LogP contribution in [0.15, 0.2) is 12.2 Å². The first kappa shape index (κ1) is 84.8. The summed E-state index contributed by atoms with van der Waals surface area (Å²) in [5, 5.41) is 87.7. The van der Waals surface area contributed by atoms with Crippen LogP contribution < -0.4 is 5.32 Å². The maximum Gasteiger partial charge on any atom is 0.220 e. The van der Waals surface area contributed by atoms with Crippen molar-refractivity contribution >= 4 is 5.91 Å². The summed E-state index contributed by atoms with van der Waals surface area (Å²) in [5.41, 5.74) is 0. The molecule has 12 atom stereocenters. The van der Waals surface area contributed by atoms with Crippen LogP contribution in [-0.2, 0) is 23.7 Å². The molecule has 0 aromatic carbocycles. The van der Waals surface area contributed by atoms with E-state index in [1.54, 1.807) is 0 Å². The van der Waals surface area contributed by atoms with E-state index in [1.165, 1.54) is 295 Å². The highest BCUT2D eigenvalue weighted by atomic mass is 16.7. The SMILES string of the molecule is CCCCCCCCCC/C=C\CCCCCCCCCCCCCCCCCCCCCCCCCCCC(=O)NC(COC1OC(CO)C(OC2OC(CO)C(O)C(O)C2O)C(O)C1O)C(O)CCCCCCCCCCCCCCCCCCCCC. The summed E-state index contributed by atoms with van der Waals surface area (Å²) < 4.78 is 23.0. The Bertz CT molecular complexity index is 1560. The molecular formula is C76H147NO13. The fraction of sp³-hybridized carbons (Fsp3) is 0.961. The molecule has 90 heavy (non-hydrogen) atoms. The van der Waals surface area contributed by atoms with Crippen molar-refractivity contribution in [1.82, 2.24) is 5.32 Å². The lowest BCUT2D eigenvalue weighted by Crippen LogP contribution is -2.65. The maximum atomic E-state index is 13.4.